The fraction of sp³-hybridized carbons (Fsp3) is 0. The quantitative estimate of drug-likeness (QED) is 0.318. The van der Waals surface area contributed by atoms with Crippen molar-refractivity contribution < 1.29 is 39.7 Å². The zero-order valence-corrected chi connectivity index (χ0v) is 4.13. The fourth-order valence-electron chi connectivity index (χ4n) is 0. The third-order valence-corrected chi connectivity index (χ3v) is 0.175. The smallest absolute Gasteiger partial charge is 1.00 e. The molecule has 0 saturated carbocycles. The van der Waals surface area contributed by atoms with Gasteiger partial charge in [0.05, 0.1) is 0 Å². The van der Waals surface area contributed by atoms with Gasteiger partial charge in [-0.2, -0.15) is 0 Å². The third-order valence-electron chi connectivity index (χ3n) is 0.175. The van der Waals surface area contributed by atoms with Gasteiger partial charge in [-0.05, 0) is 0 Å². The predicted octanol–water partition coefficient (Wildman–Crippen LogP) is -1.96. The van der Waals surface area contributed by atoms with Gasteiger partial charge < -0.3 is 17.9 Å². The van der Waals surface area contributed by atoms with Crippen LogP contribution in [0.4, 0.5) is 0 Å². The molecule has 0 aliphatic rings. The average molecular weight is 147 g/mol. The Balaban J connectivity index is -0.0000000417. The molecule has 0 bridgehead atoms. The van der Waals surface area contributed by atoms with E-state index < -0.39 is 11.9 Å². The van der Waals surface area contributed by atoms with Crippen molar-refractivity contribution in [2.24, 2.45) is 0 Å². The van der Waals surface area contributed by atoms with Crippen molar-refractivity contribution in [3.05, 3.63) is 0 Å². The van der Waals surface area contributed by atoms with E-state index >= 15 is 0 Å². The number of hydrogen-bond acceptors (Lipinski definition) is 3. The minimum absolute atomic E-state index is 0. The second kappa shape index (κ2) is 3.64. The van der Waals surface area contributed by atoms with Crippen molar-refractivity contribution in [1.29, 1.82) is 0 Å². The number of carboxylic acid groups (broad SMARTS) is 2. The molecule has 0 aliphatic carbocycles. The maximum Gasteiger partial charge on any atom is 3.00 e. The van der Waals surface area contributed by atoms with Gasteiger partial charge in [-0.25, -0.2) is 4.79 Å². The minimum Gasteiger partial charge on any atom is -1.00 e. The normalized spacial score (nSPS) is 6.29. The number of aliphatic carboxylic acids is 2. The molecule has 0 spiro atoms. The summed E-state index contributed by atoms with van der Waals surface area (Å²) in [4.78, 5) is 18.0. The first-order valence-corrected chi connectivity index (χ1v) is 1.09. The van der Waals surface area contributed by atoms with Crippen LogP contribution in [0, 0.1) is 0 Å². The first kappa shape index (κ1) is 9.68. The van der Waals surface area contributed by atoms with E-state index in [1.807, 2.05) is 0 Å². The van der Waals surface area contributed by atoms with Crippen molar-refractivity contribution in [2.45, 2.75) is 0 Å². The average Bonchev–Trinajstić information content (AvgIpc) is 1.36. The van der Waals surface area contributed by atoms with Gasteiger partial charge in [0, 0.05) is 0 Å². The molecule has 0 saturated heterocycles. The van der Waals surface area contributed by atoms with Crippen LogP contribution < -0.4 is 5.11 Å². The van der Waals surface area contributed by atoms with Crippen LogP contribution in [0.15, 0.2) is 0 Å². The van der Waals surface area contributed by atoms with Crippen molar-refractivity contribution in [1.82, 2.24) is 0 Å². The van der Waals surface area contributed by atoms with E-state index in [-0.39, 0.29) is 19.9 Å². The van der Waals surface area contributed by atoms with E-state index in [1.165, 1.54) is 0 Å². The van der Waals surface area contributed by atoms with E-state index in [9.17, 15) is 0 Å². The molecule has 7 heavy (non-hydrogen) atoms. The third kappa shape index (κ3) is 5.46. The molecule has 1 radical (unpaired) electrons. The van der Waals surface area contributed by atoms with Crippen LogP contribution in [0.5, 0.6) is 0 Å². The van der Waals surface area contributed by atoms with E-state index in [2.05, 4.69) is 0 Å². The Kier molecular flexibility index (Phi) is 5.04. The van der Waals surface area contributed by atoms with Crippen molar-refractivity contribution in [3.63, 3.8) is 0 Å². The van der Waals surface area contributed by atoms with E-state index in [4.69, 9.17) is 19.8 Å². The van der Waals surface area contributed by atoms with Crippen molar-refractivity contribution in [2.75, 3.05) is 0 Å². The molecule has 0 fully saturated rings. The monoisotopic (exact) mass is 147 g/mol. The van der Waals surface area contributed by atoms with Crippen LogP contribution in [0.25, 0.3) is 0 Å². The second-order valence-electron chi connectivity index (χ2n) is 0.593. The van der Waals surface area contributed by atoms with Gasteiger partial charge in [0.15, 0.2) is 5.97 Å². The molecular weight excluding hydrogens is 144 g/mol. The summed E-state index contributed by atoms with van der Waals surface area (Å²) in [6.07, 6.45) is 0. The Bertz CT molecular complexity index is 82.6. The van der Waals surface area contributed by atoms with E-state index in [0.717, 1.165) is 0 Å². The molecule has 0 rings (SSSR count). The number of carbonyl (C=O) groups is 2. The molecule has 0 aromatic rings. The summed E-state index contributed by atoms with van der Waals surface area (Å²) in [6.45, 7) is 0. The summed E-state index contributed by atoms with van der Waals surface area (Å²) in [6, 6.07) is 0. The summed E-state index contributed by atoms with van der Waals surface area (Å²) < 4.78 is 0. The topological polar surface area (TPSA) is 77.4 Å². The summed E-state index contributed by atoms with van der Waals surface area (Å²) in [5, 5.41) is 16.3. The molecular formula is C2H3FeO4. The number of rotatable bonds is 0. The number of hydrogen-bond donors (Lipinski definition) is 1. The van der Waals surface area contributed by atoms with Crippen LogP contribution in [0.2, 0.25) is 0 Å². The molecule has 43 valence electrons. The van der Waals surface area contributed by atoms with Gasteiger partial charge in [-0.15, -0.1) is 0 Å². The maximum atomic E-state index is 9.04. The first-order valence-electron chi connectivity index (χ1n) is 1.09. The Morgan fingerprint density at radius 3 is 1.71 bits per heavy atom. The van der Waals surface area contributed by atoms with Crippen LogP contribution in [0.3, 0.4) is 0 Å². The summed E-state index contributed by atoms with van der Waals surface area (Å²) in [5.74, 6) is -4.01. The van der Waals surface area contributed by atoms with Gasteiger partial charge >= 0.3 is 23.0 Å². The Morgan fingerprint density at radius 1 is 1.57 bits per heavy atom. The summed E-state index contributed by atoms with van der Waals surface area (Å²) in [5.41, 5.74) is 0. The predicted molar refractivity (Wildman–Crippen MR) is 14.9 cm³/mol. The van der Waals surface area contributed by atoms with Gasteiger partial charge in [0.1, 0.15) is 0 Å². The Labute approximate surface area is 52.6 Å². The largest absolute Gasteiger partial charge is 3.00 e. The zero-order valence-electron chi connectivity index (χ0n) is 5.03. The molecule has 0 amide bonds. The van der Waals surface area contributed by atoms with E-state index in [1.54, 1.807) is 0 Å². The Hall–Kier alpha value is -0.541. The van der Waals surface area contributed by atoms with Crippen LogP contribution >= 0.6 is 0 Å². The number of carbonyl (C=O) groups excluding carboxylic acids is 1. The number of carboxylic acids is 2. The van der Waals surface area contributed by atoms with Crippen molar-refractivity contribution >= 4 is 11.9 Å². The molecule has 0 aromatic carbocycles. The fourth-order valence-corrected chi connectivity index (χ4v) is 0. The zero-order chi connectivity index (χ0) is 5.15. The van der Waals surface area contributed by atoms with Gasteiger partial charge in [0.25, 0.3) is 0 Å². The molecule has 0 atom stereocenters. The Morgan fingerprint density at radius 2 is 1.71 bits per heavy atom. The molecule has 5 heteroatoms. The molecule has 0 aromatic heterocycles. The molecule has 0 unspecified atom stereocenters. The standard InChI is InChI=1S/C2H2O4.Fe.2H/c3-1(4)2(5)6;;;/h(H,3,4)(H,5,6);;;/q;+3;2*-1/p-1. The maximum absolute atomic E-state index is 9.04. The molecule has 0 heterocycles. The van der Waals surface area contributed by atoms with E-state index in [0.29, 0.717) is 0 Å². The summed E-state index contributed by atoms with van der Waals surface area (Å²) in [7, 11) is 0. The van der Waals surface area contributed by atoms with Crippen LogP contribution in [0.1, 0.15) is 2.85 Å². The summed E-state index contributed by atoms with van der Waals surface area (Å²) >= 11 is 0. The molecule has 0 aliphatic heterocycles. The SMILES string of the molecule is O=C([O-])C(=O)O.[Fe+3].[H-].[H-]. The van der Waals surface area contributed by atoms with Crippen LogP contribution in [-0.4, -0.2) is 17.0 Å². The molecule has 4 nitrogen and oxygen atoms in total. The van der Waals surface area contributed by atoms with Crippen molar-refractivity contribution in [3.8, 4) is 0 Å². The van der Waals surface area contributed by atoms with Crippen LogP contribution in [-0.2, 0) is 26.7 Å². The van der Waals surface area contributed by atoms with Gasteiger partial charge in [-0.3, -0.25) is 0 Å². The van der Waals surface area contributed by atoms with Gasteiger partial charge in [-0.1, -0.05) is 0 Å². The van der Waals surface area contributed by atoms with Gasteiger partial charge in [0.2, 0.25) is 0 Å². The second-order valence-corrected chi connectivity index (χ2v) is 0.593. The molecule has 1 N–H and O–H groups in total. The first-order chi connectivity index (χ1) is 2.64. The minimum atomic E-state index is -2.07.